The number of morpholine rings is 1. The molecule has 0 saturated carbocycles. The number of halogens is 1. The Morgan fingerprint density at radius 3 is 2.44 bits per heavy atom. The van der Waals surface area contributed by atoms with Crippen LogP contribution in [0.5, 0.6) is 5.75 Å². The molecule has 1 saturated heterocycles. The quantitative estimate of drug-likeness (QED) is 0.527. The Labute approximate surface area is 196 Å². The standard InChI is InChI=1S/C25H27FN4O4/c26-20-8-6-19(7-9-20)17-27-24(32)22-23(31)25(33)30(11-10-29-12-14-34-15-13-29)21(28-22)16-18-4-2-1-3-5-18/h1-9,31H,10-17H2,(H,27,32). The second-order valence-electron chi connectivity index (χ2n) is 8.11. The highest BCUT2D eigenvalue weighted by atomic mass is 19.1. The lowest BCUT2D eigenvalue weighted by Crippen LogP contribution is -2.40. The van der Waals surface area contributed by atoms with E-state index < -0.39 is 17.2 Å². The average Bonchev–Trinajstić information content (AvgIpc) is 2.86. The predicted octanol–water partition coefficient (Wildman–Crippen LogP) is 1.94. The lowest BCUT2D eigenvalue weighted by Gasteiger charge is -2.27. The van der Waals surface area contributed by atoms with Gasteiger partial charge in [-0.25, -0.2) is 9.37 Å². The van der Waals surface area contributed by atoms with E-state index in [4.69, 9.17) is 4.74 Å². The molecule has 2 aromatic carbocycles. The zero-order valence-corrected chi connectivity index (χ0v) is 18.7. The molecule has 9 heteroatoms. The van der Waals surface area contributed by atoms with Crippen molar-refractivity contribution in [2.24, 2.45) is 0 Å². The van der Waals surface area contributed by atoms with E-state index in [0.29, 0.717) is 44.1 Å². The van der Waals surface area contributed by atoms with Crippen LogP contribution in [0.4, 0.5) is 4.39 Å². The summed E-state index contributed by atoms with van der Waals surface area (Å²) in [5, 5.41) is 13.2. The predicted molar refractivity (Wildman–Crippen MR) is 124 cm³/mol. The molecule has 1 amide bonds. The summed E-state index contributed by atoms with van der Waals surface area (Å²) in [7, 11) is 0. The Kier molecular flexibility index (Phi) is 7.66. The molecule has 4 rings (SSSR count). The molecule has 0 unspecified atom stereocenters. The van der Waals surface area contributed by atoms with Crippen LogP contribution in [0.3, 0.4) is 0 Å². The molecule has 3 aromatic rings. The number of nitrogens with one attached hydrogen (secondary N) is 1. The average molecular weight is 467 g/mol. The molecule has 1 fully saturated rings. The highest BCUT2D eigenvalue weighted by Crippen LogP contribution is 2.14. The van der Waals surface area contributed by atoms with Gasteiger partial charge in [-0.15, -0.1) is 0 Å². The second kappa shape index (κ2) is 11.0. The number of carbonyl (C=O) groups is 1. The zero-order valence-electron chi connectivity index (χ0n) is 18.7. The molecular formula is C25H27FN4O4. The van der Waals surface area contributed by atoms with Crippen molar-refractivity contribution in [2.45, 2.75) is 19.5 Å². The maximum absolute atomic E-state index is 13.1. The monoisotopic (exact) mass is 466 g/mol. The summed E-state index contributed by atoms with van der Waals surface area (Å²) in [4.78, 5) is 32.5. The first-order valence-electron chi connectivity index (χ1n) is 11.2. The van der Waals surface area contributed by atoms with E-state index in [1.807, 2.05) is 30.3 Å². The molecule has 0 aliphatic carbocycles. The van der Waals surface area contributed by atoms with Gasteiger partial charge in [0, 0.05) is 39.1 Å². The summed E-state index contributed by atoms with van der Waals surface area (Å²) in [6.45, 7) is 3.86. The highest BCUT2D eigenvalue weighted by Gasteiger charge is 2.22. The third kappa shape index (κ3) is 5.86. The minimum absolute atomic E-state index is 0.106. The number of rotatable bonds is 8. The zero-order chi connectivity index (χ0) is 23.9. The molecule has 1 aromatic heterocycles. The minimum Gasteiger partial charge on any atom is -0.501 e. The van der Waals surface area contributed by atoms with Gasteiger partial charge in [-0.05, 0) is 23.3 Å². The van der Waals surface area contributed by atoms with Crippen molar-refractivity contribution >= 4 is 5.91 Å². The van der Waals surface area contributed by atoms with Gasteiger partial charge < -0.3 is 15.2 Å². The SMILES string of the molecule is O=C(NCc1ccc(F)cc1)c1nc(Cc2ccccc2)n(CCN2CCOCC2)c(=O)c1O. The Bertz CT molecular complexity index is 1180. The first kappa shape index (κ1) is 23.6. The van der Waals surface area contributed by atoms with Gasteiger partial charge in [0.25, 0.3) is 11.5 Å². The van der Waals surface area contributed by atoms with Crippen molar-refractivity contribution in [1.82, 2.24) is 19.8 Å². The van der Waals surface area contributed by atoms with Gasteiger partial charge in [0.1, 0.15) is 11.6 Å². The van der Waals surface area contributed by atoms with Gasteiger partial charge in [-0.3, -0.25) is 19.1 Å². The number of nitrogens with zero attached hydrogens (tertiary/aromatic N) is 3. The summed E-state index contributed by atoms with van der Waals surface area (Å²) >= 11 is 0. The number of ether oxygens (including phenoxy) is 1. The fraction of sp³-hybridized carbons (Fsp3) is 0.320. The summed E-state index contributed by atoms with van der Waals surface area (Å²) in [5.41, 5.74) is 0.636. The van der Waals surface area contributed by atoms with E-state index >= 15 is 0 Å². The maximum atomic E-state index is 13.1. The minimum atomic E-state index is -0.685. The van der Waals surface area contributed by atoms with Crippen LogP contribution in [-0.4, -0.2) is 58.3 Å². The van der Waals surface area contributed by atoms with Crippen LogP contribution in [0.2, 0.25) is 0 Å². The highest BCUT2D eigenvalue weighted by molar-refractivity contribution is 5.94. The van der Waals surface area contributed by atoms with E-state index in [1.54, 1.807) is 12.1 Å². The van der Waals surface area contributed by atoms with E-state index in [2.05, 4.69) is 15.2 Å². The second-order valence-corrected chi connectivity index (χ2v) is 8.11. The molecule has 2 N–H and O–H groups in total. The summed E-state index contributed by atoms with van der Waals surface area (Å²) in [6.07, 6.45) is 0.331. The third-order valence-electron chi connectivity index (χ3n) is 5.75. The Morgan fingerprint density at radius 1 is 1.03 bits per heavy atom. The molecule has 0 bridgehead atoms. The summed E-state index contributed by atoms with van der Waals surface area (Å²) in [6, 6.07) is 15.2. The Morgan fingerprint density at radius 2 is 1.74 bits per heavy atom. The fourth-order valence-corrected chi connectivity index (χ4v) is 3.83. The molecule has 8 nitrogen and oxygen atoms in total. The van der Waals surface area contributed by atoms with Crippen molar-refractivity contribution in [3.05, 3.63) is 93.4 Å². The normalized spacial score (nSPS) is 14.1. The van der Waals surface area contributed by atoms with Crippen LogP contribution in [0.15, 0.2) is 59.4 Å². The number of aromatic nitrogens is 2. The fourth-order valence-electron chi connectivity index (χ4n) is 3.83. The van der Waals surface area contributed by atoms with Crippen molar-refractivity contribution in [1.29, 1.82) is 0 Å². The molecular weight excluding hydrogens is 439 g/mol. The summed E-state index contributed by atoms with van der Waals surface area (Å²) in [5.74, 6) is -1.33. The van der Waals surface area contributed by atoms with Crippen LogP contribution in [0, 0.1) is 5.82 Å². The maximum Gasteiger partial charge on any atom is 0.296 e. The number of hydrogen-bond donors (Lipinski definition) is 2. The van der Waals surface area contributed by atoms with E-state index in [1.165, 1.54) is 16.7 Å². The number of carbonyl (C=O) groups excluding carboxylic acids is 1. The van der Waals surface area contributed by atoms with Crippen molar-refractivity contribution < 1.29 is 19.0 Å². The van der Waals surface area contributed by atoms with Gasteiger partial charge in [0.2, 0.25) is 5.75 Å². The number of amides is 1. The van der Waals surface area contributed by atoms with E-state index in [9.17, 15) is 19.1 Å². The molecule has 2 heterocycles. The van der Waals surface area contributed by atoms with Gasteiger partial charge >= 0.3 is 0 Å². The molecule has 178 valence electrons. The van der Waals surface area contributed by atoms with Crippen LogP contribution >= 0.6 is 0 Å². The summed E-state index contributed by atoms with van der Waals surface area (Å²) < 4.78 is 19.9. The lowest BCUT2D eigenvalue weighted by molar-refractivity contribution is 0.0361. The van der Waals surface area contributed by atoms with Crippen molar-refractivity contribution in [2.75, 3.05) is 32.8 Å². The number of hydrogen-bond acceptors (Lipinski definition) is 6. The Balaban J connectivity index is 1.59. The van der Waals surface area contributed by atoms with Gasteiger partial charge in [0.05, 0.1) is 13.2 Å². The first-order valence-corrected chi connectivity index (χ1v) is 11.2. The largest absolute Gasteiger partial charge is 0.501 e. The van der Waals surface area contributed by atoms with Crippen molar-refractivity contribution in [3.63, 3.8) is 0 Å². The van der Waals surface area contributed by atoms with E-state index in [0.717, 1.165) is 18.7 Å². The van der Waals surface area contributed by atoms with Crippen molar-refractivity contribution in [3.8, 4) is 5.75 Å². The lowest BCUT2D eigenvalue weighted by atomic mass is 10.1. The topological polar surface area (TPSA) is 96.7 Å². The smallest absolute Gasteiger partial charge is 0.296 e. The van der Waals surface area contributed by atoms with Crippen LogP contribution in [-0.2, 0) is 24.2 Å². The van der Waals surface area contributed by atoms with Gasteiger partial charge in [-0.1, -0.05) is 42.5 Å². The van der Waals surface area contributed by atoms with Gasteiger partial charge in [-0.2, -0.15) is 0 Å². The van der Waals surface area contributed by atoms with Gasteiger partial charge in [0.15, 0.2) is 5.69 Å². The number of aromatic hydroxyl groups is 1. The third-order valence-corrected chi connectivity index (χ3v) is 5.75. The van der Waals surface area contributed by atoms with Crippen LogP contribution in [0.25, 0.3) is 0 Å². The number of benzene rings is 2. The molecule has 0 atom stereocenters. The molecule has 0 spiro atoms. The van der Waals surface area contributed by atoms with Crippen LogP contribution < -0.4 is 10.9 Å². The molecule has 1 aliphatic heterocycles. The Hall–Kier alpha value is -3.56. The molecule has 0 radical (unpaired) electrons. The van der Waals surface area contributed by atoms with Crippen LogP contribution in [0.1, 0.15) is 27.4 Å². The first-order chi connectivity index (χ1) is 16.5. The molecule has 34 heavy (non-hydrogen) atoms. The van der Waals surface area contributed by atoms with E-state index in [-0.39, 0.29) is 18.1 Å². The molecule has 1 aliphatic rings.